The number of alkyl halides is 3. The zero-order valence-electron chi connectivity index (χ0n) is 16.0. The maximum Gasteiger partial charge on any atom is 0.416 e. The number of rotatable bonds is 2. The molecule has 0 aliphatic rings. The van der Waals surface area contributed by atoms with E-state index in [-0.39, 0.29) is 11.5 Å². The fraction of sp³-hybridized carbons (Fsp3) is 0.238. The SMILES string of the molecule is CC(C)(C)OC(=O)Nc1cc(C(F)(F)F)ccc1-c1cc2ccc[c]c2nc1N. The van der Waals surface area contributed by atoms with Gasteiger partial charge in [0.1, 0.15) is 11.4 Å². The minimum Gasteiger partial charge on any atom is -0.444 e. The molecule has 0 atom stereocenters. The van der Waals surface area contributed by atoms with Gasteiger partial charge in [-0.05, 0) is 39.0 Å². The van der Waals surface area contributed by atoms with E-state index in [1.54, 1.807) is 45.0 Å². The van der Waals surface area contributed by atoms with Gasteiger partial charge in [-0.15, -0.1) is 0 Å². The Labute approximate surface area is 165 Å². The summed E-state index contributed by atoms with van der Waals surface area (Å²) >= 11 is 0. The highest BCUT2D eigenvalue weighted by atomic mass is 19.4. The second-order valence-electron chi connectivity index (χ2n) is 7.41. The summed E-state index contributed by atoms with van der Waals surface area (Å²) in [5.41, 5.74) is 5.45. The first kappa shape index (κ1) is 20.4. The first-order chi connectivity index (χ1) is 13.4. The number of anilines is 2. The number of fused-ring (bicyclic) bond motifs is 1. The van der Waals surface area contributed by atoms with E-state index in [1.807, 2.05) is 0 Å². The number of amides is 1. The fourth-order valence-electron chi connectivity index (χ4n) is 2.75. The molecule has 1 amide bonds. The number of hydrogen-bond donors (Lipinski definition) is 2. The Morgan fingerprint density at radius 1 is 1.14 bits per heavy atom. The van der Waals surface area contributed by atoms with E-state index in [1.165, 1.54) is 6.07 Å². The van der Waals surface area contributed by atoms with Crippen molar-refractivity contribution in [2.45, 2.75) is 32.5 Å². The average Bonchev–Trinajstić information content (AvgIpc) is 2.59. The summed E-state index contributed by atoms with van der Waals surface area (Å²) in [5.74, 6) is 0.104. The molecule has 151 valence electrons. The molecule has 3 rings (SSSR count). The van der Waals surface area contributed by atoms with Crippen LogP contribution in [0.15, 0.2) is 42.5 Å². The zero-order valence-corrected chi connectivity index (χ0v) is 16.0. The van der Waals surface area contributed by atoms with Crippen molar-refractivity contribution in [1.82, 2.24) is 4.98 Å². The molecule has 29 heavy (non-hydrogen) atoms. The van der Waals surface area contributed by atoms with Crippen LogP contribution in [0.25, 0.3) is 22.0 Å². The predicted octanol–water partition coefficient (Wildman–Crippen LogP) is 5.65. The molecule has 0 aliphatic carbocycles. The van der Waals surface area contributed by atoms with Crippen molar-refractivity contribution < 1.29 is 22.7 Å². The second kappa shape index (κ2) is 7.27. The molecule has 0 saturated heterocycles. The average molecular weight is 402 g/mol. The van der Waals surface area contributed by atoms with E-state index in [2.05, 4.69) is 16.4 Å². The van der Waals surface area contributed by atoms with Crippen LogP contribution in [0.3, 0.4) is 0 Å². The molecule has 0 unspecified atom stereocenters. The van der Waals surface area contributed by atoms with E-state index in [0.29, 0.717) is 22.0 Å². The minimum absolute atomic E-state index is 0.0816. The maximum absolute atomic E-state index is 13.2. The van der Waals surface area contributed by atoms with Gasteiger partial charge in [0.25, 0.3) is 0 Å². The van der Waals surface area contributed by atoms with Gasteiger partial charge in [-0.3, -0.25) is 5.32 Å². The Morgan fingerprint density at radius 3 is 2.52 bits per heavy atom. The zero-order chi connectivity index (χ0) is 21.4. The van der Waals surface area contributed by atoms with Gasteiger partial charge in [-0.25, -0.2) is 9.78 Å². The summed E-state index contributed by atoms with van der Waals surface area (Å²) in [6, 6.07) is 12.9. The number of pyridine rings is 1. The molecule has 3 aromatic rings. The predicted molar refractivity (Wildman–Crippen MR) is 105 cm³/mol. The topological polar surface area (TPSA) is 77.2 Å². The monoisotopic (exact) mass is 402 g/mol. The van der Waals surface area contributed by atoms with Gasteiger partial charge in [-0.1, -0.05) is 24.3 Å². The highest BCUT2D eigenvalue weighted by molar-refractivity contribution is 5.96. The number of nitrogens with two attached hydrogens (primary N) is 1. The van der Waals surface area contributed by atoms with Gasteiger partial charge >= 0.3 is 12.3 Å². The molecule has 1 heterocycles. The van der Waals surface area contributed by atoms with E-state index in [4.69, 9.17) is 10.5 Å². The van der Waals surface area contributed by atoms with Crippen LogP contribution >= 0.6 is 0 Å². The molecular formula is C21H19F3N3O2. The summed E-state index contributed by atoms with van der Waals surface area (Å²) in [4.78, 5) is 16.5. The standard InChI is InChI=1S/C21H19F3N3O2/c1-20(2,3)29-19(28)27-17-11-13(21(22,23)24)8-9-14(17)15-10-12-6-4-5-7-16(12)26-18(15)25/h4-6,8-11H,1-3H3,(H2,25,26)(H,27,28). The number of halogens is 3. The van der Waals surface area contributed by atoms with Gasteiger partial charge in [0, 0.05) is 22.6 Å². The number of hydrogen-bond acceptors (Lipinski definition) is 4. The van der Waals surface area contributed by atoms with Gasteiger partial charge < -0.3 is 10.5 Å². The van der Waals surface area contributed by atoms with Crippen molar-refractivity contribution in [3.8, 4) is 11.1 Å². The highest BCUT2D eigenvalue weighted by Gasteiger charge is 2.32. The normalized spacial score (nSPS) is 12.1. The van der Waals surface area contributed by atoms with Crippen LogP contribution < -0.4 is 11.1 Å². The number of carbonyl (C=O) groups is 1. The summed E-state index contributed by atoms with van der Waals surface area (Å²) in [7, 11) is 0. The van der Waals surface area contributed by atoms with Crippen molar-refractivity contribution in [2.75, 3.05) is 11.1 Å². The first-order valence-corrected chi connectivity index (χ1v) is 8.72. The molecular weight excluding hydrogens is 383 g/mol. The van der Waals surface area contributed by atoms with Crippen LogP contribution in [0.1, 0.15) is 26.3 Å². The van der Waals surface area contributed by atoms with Crippen molar-refractivity contribution in [1.29, 1.82) is 0 Å². The third kappa shape index (κ3) is 4.77. The molecule has 1 radical (unpaired) electrons. The quantitative estimate of drug-likeness (QED) is 0.581. The number of para-hydroxylation sites is 1. The van der Waals surface area contributed by atoms with Gasteiger partial charge in [0.2, 0.25) is 0 Å². The molecule has 0 spiro atoms. The molecule has 0 saturated carbocycles. The van der Waals surface area contributed by atoms with E-state index >= 15 is 0 Å². The Balaban J connectivity index is 2.13. The van der Waals surface area contributed by atoms with Crippen LogP contribution in [0.4, 0.5) is 29.5 Å². The van der Waals surface area contributed by atoms with E-state index in [0.717, 1.165) is 12.1 Å². The van der Waals surface area contributed by atoms with Crippen molar-refractivity contribution in [2.24, 2.45) is 0 Å². The van der Waals surface area contributed by atoms with Crippen LogP contribution in [-0.4, -0.2) is 16.7 Å². The van der Waals surface area contributed by atoms with Crippen LogP contribution in [0.5, 0.6) is 0 Å². The highest BCUT2D eigenvalue weighted by Crippen LogP contribution is 2.38. The van der Waals surface area contributed by atoms with Crippen molar-refractivity contribution >= 4 is 28.5 Å². The number of nitrogens with zero attached hydrogens (tertiary/aromatic N) is 1. The number of nitrogens with one attached hydrogen (secondary N) is 1. The van der Waals surface area contributed by atoms with Gasteiger partial charge in [-0.2, -0.15) is 13.2 Å². The summed E-state index contributed by atoms with van der Waals surface area (Å²) in [6.07, 6.45) is -5.45. The number of benzene rings is 2. The Morgan fingerprint density at radius 2 is 1.86 bits per heavy atom. The first-order valence-electron chi connectivity index (χ1n) is 8.72. The van der Waals surface area contributed by atoms with E-state index < -0.39 is 23.4 Å². The lowest BCUT2D eigenvalue weighted by molar-refractivity contribution is -0.137. The molecule has 2 aromatic carbocycles. The third-order valence-electron chi connectivity index (χ3n) is 3.95. The fourth-order valence-corrected chi connectivity index (χ4v) is 2.75. The Kier molecular flexibility index (Phi) is 5.13. The number of carbonyl (C=O) groups excluding carboxylic acids is 1. The van der Waals surface area contributed by atoms with Crippen molar-refractivity contribution in [3.63, 3.8) is 0 Å². The molecule has 1 aromatic heterocycles. The summed E-state index contributed by atoms with van der Waals surface area (Å²) in [6.45, 7) is 4.96. The molecule has 0 bridgehead atoms. The van der Waals surface area contributed by atoms with Crippen molar-refractivity contribution in [3.05, 3.63) is 54.1 Å². The third-order valence-corrected chi connectivity index (χ3v) is 3.95. The molecule has 5 nitrogen and oxygen atoms in total. The Bertz CT molecular complexity index is 1070. The summed E-state index contributed by atoms with van der Waals surface area (Å²) < 4.78 is 44.8. The second-order valence-corrected chi connectivity index (χ2v) is 7.41. The smallest absolute Gasteiger partial charge is 0.416 e. The largest absolute Gasteiger partial charge is 0.444 e. The molecule has 3 N–H and O–H groups in total. The Hall–Kier alpha value is -3.29. The molecule has 0 fully saturated rings. The maximum atomic E-state index is 13.2. The van der Waals surface area contributed by atoms with Crippen LogP contribution in [0, 0.1) is 6.07 Å². The van der Waals surface area contributed by atoms with Crippen LogP contribution in [-0.2, 0) is 10.9 Å². The minimum atomic E-state index is -4.58. The molecule has 0 aliphatic heterocycles. The van der Waals surface area contributed by atoms with Gasteiger partial charge in [0.15, 0.2) is 0 Å². The number of nitrogen functional groups attached to an aromatic ring is 1. The molecule has 8 heteroatoms. The summed E-state index contributed by atoms with van der Waals surface area (Å²) in [5, 5.41) is 3.11. The van der Waals surface area contributed by atoms with E-state index in [9.17, 15) is 18.0 Å². The number of ether oxygens (including phenoxy) is 1. The van der Waals surface area contributed by atoms with Crippen LogP contribution in [0.2, 0.25) is 0 Å². The number of aromatic nitrogens is 1. The lowest BCUT2D eigenvalue weighted by atomic mass is 10.00. The van der Waals surface area contributed by atoms with Gasteiger partial charge in [0.05, 0.1) is 16.8 Å². The lowest BCUT2D eigenvalue weighted by Gasteiger charge is -2.21. The lowest BCUT2D eigenvalue weighted by Crippen LogP contribution is -2.27.